The maximum atomic E-state index is 10.5. The fraction of sp³-hybridized carbons (Fsp3) is 0.667. The topological polar surface area (TPSA) is 59.4 Å². The lowest BCUT2D eigenvalue weighted by Crippen LogP contribution is -2.24. The van der Waals surface area contributed by atoms with E-state index in [1.165, 1.54) is 0 Å². The summed E-state index contributed by atoms with van der Waals surface area (Å²) in [6.07, 6.45) is 1.46. The molecule has 1 heterocycles. The van der Waals surface area contributed by atoms with Gasteiger partial charge in [-0.25, -0.2) is 4.98 Å². The van der Waals surface area contributed by atoms with Gasteiger partial charge in [-0.05, 0) is 20.3 Å². The first-order chi connectivity index (χ1) is 8.01. The fourth-order valence-corrected chi connectivity index (χ4v) is 2.57. The first-order valence-corrected chi connectivity index (χ1v) is 6.70. The van der Waals surface area contributed by atoms with E-state index >= 15 is 0 Å². The molecule has 0 radical (unpaired) electrons. The molecule has 5 heteroatoms. The molecule has 1 rings (SSSR count). The number of aliphatic carboxylic acids is 1. The number of aromatic nitrogens is 1. The Morgan fingerprint density at radius 2 is 2.29 bits per heavy atom. The van der Waals surface area contributed by atoms with Gasteiger partial charge in [0.05, 0.1) is 12.1 Å². The van der Waals surface area contributed by atoms with Gasteiger partial charge in [-0.1, -0.05) is 6.92 Å². The molecule has 4 nitrogen and oxygen atoms in total. The highest BCUT2D eigenvalue weighted by Gasteiger charge is 2.28. The molecule has 1 N–H and O–H groups in total. The highest BCUT2D eigenvalue weighted by molar-refractivity contribution is 7.09. The average molecular weight is 257 g/mol. The van der Waals surface area contributed by atoms with Gasteiger partial charge < -0.3 is 9.84 Å². The number of hydrogen-bond acceptors (Lipinski definition) is 4. The van der Waals surface area contributed by atoms with E-state index in [4.69, 9.17) is 9.84 Å². The van der Waals surface area contributed by atoms with Crippen LogP contribution >= 0.6 is 11.3 Å². The second kappa shape index (κ2) is 6.12. The van der Waals surface area contributed by atoms with Crippen LogP contribution in [0.1, 0.15) is 44.3 Å². The lowest BCUT2D eigenvalue weighted by Gasteiger charge is -2.25. The van der Waals surface area contributed by atoms with E-state index in [2.05, 4.69) is 11.9 Å². The molecule has 17 heavy (non-hydrogen) atoms. The summed E-state index contributed by atoms with van der Waals surface area (Å²) in [4.78, 5) is 15.0. The zero-order valence-electron chi connectivity index (χ0n) is 10.5. The summed E-state index contributed by atoms with van der Waals surface area (Å²) >= 11 is 1.54. The largest absolute Gasteiger partial charge is 0.481 e. The molecular formula is C12H19NO3S. The van der Waals surface area contributed by atoms with Crippen molar-refractivity contribution in [1.29, 1.82) is 0 Å². The standard InChI is InChI=1S/C12H19NO3S/c1-4-12(3,16-5-2)11-13-9(8-17-11)6-7-10(14)15/h8H,4-7H2,1-3H3,(H,14,15). The number of carboxylic acids is 1. The quantitative estimate of drug-likeness (QED) is 0.816. The molecule has 0 fully saturated rings. The minimum atomic E-state index is -0.789. The second-order valence-corrected chi connectivity index (χ2v) is 4.91. The molecule has 0 saturated carbocycles. The minimum Gasteiger partial charge on any atom is -0.481 e. The molecule has 1 aromatic rings. The van der Waals surface area contributed by atoms with Crippen molar-refractivity contribution in [3.05, 3.63) is 16.1 Å². The van der Waals surface area contributed by atoms with Crippen molar-refractivity contribution in [1.82, 2.24) is 4.98 Å². The van der Waals surface area contributed by atoms with E-state index in [0.29, 0.717) is 13.0 Å². The van der Waals surface area contributed by atoms with Crippen molar-refractivity contribution < 1.29 is 14.6 Å². The number of ether oxygens (including phenoxy) is 1. The predicted molar refractivity (Wildman–Crippen MR) is 67.3 cm³/mol. The first kappa shape index (κ1) is 14.1. The predicted octanol–water partition coefficient (Wildman–Crippen LogP) is 2.82. The molecule has 0 saturated heterocycles. The Morgan fingerprint density at radius 1 is 1.59 bits per heavy atom. The van der Waals surface area contributed by atoms with Crippen LogP contribution in [-0.2, 0) is 21.6 Å². The summed E-state index contributed by atoms with van der Waals surface area (Å²) in [5, 5.41) is 11.5. The first-order valence-electron chi connectivity index (χ1n) is 5.82. The summed E-state index contributed by atoms with van der Waals surface area (Å²) < 4.78 is 5.74. The second-order valence-electron chi connectivity index (χ2n) is 4.06. The summed E-state index contributed by atoms with van der Waals surface area (Å²) in [5.41, 5.74) is 0.493. The molecule has 0 spiro atoms. The van der Waals surface area contributed by atoms with Crippen molar-refractivity contribution in [2.45, 2.75) is 45.6 Å². The molecule has 0 aliphatic carbocycles. The van der Waals surface area contributed by atoms with Gasteiger partial charge >= 0.3 is 5.97 Å². The van der Waals surface area contributed by atoms with Crippen molar-refractivity contribution in [2.24, 2.45) is 0 Å². The smallest absolute Gasteiger partial charge is 0.303 e. The SMILES string of the molecule is CCOC(C)(CC)c1nc(CCC(=O)O)cs1. The maximum absolute atomic E-state index is 10.5. The summed E-state index contributed by atoms with van der Waals surface area (Å²) in [6, 6.07) is 0. The van der Waals surface area contributed by atoms with E-state index in [-0.39, 0.29) is 12.0 Å². The number of thiazole rings is 1. The lowest BCUT2D eigenvalue weighted by atomic mass is 10.0. The van der Waals surface area contributed by atoms with Crippen molar-refractivity contribution in [3.8, 4) is 0 Å². The highest BCUT2D eigenvalue weighted by Crippen LogP contribution is 2.31. The van der Waals surface area contributed by atoms with E-state index in [9.17, 15) is 4.79 Å². The van der Waals surface area contributed by atoms with E-state index in [1.54, 1.807) is 11.3 Å². The van der Waals surface area contributed by atoms with Crippen LogP contribution in [0.3, 0.4) is 0 Å². The van der Waals surface area contributed by atoms with Crippen LogP contribution in [0, 0.1) is 0 Å². The Balaban J connectivity index is 2.74. The zero-order chi connectivity index (χ0) is 12.9. The normalized spacial score (nSPS) is 14.5. The molecule has 0 bridgehead atoms. The van der Waals surface area contributed by atoms with E-state index < -0.39 is 5.97 Å². The van der Waals surface area contributed by atoms with Crippen molar-refractivity contribution in [2.75, 3.05) is 6.61 Å². The average Bonchev–Trinajstić information content (AvgIpc) is 2.75. The number of aryl methyl sites for hydroxylation is 1. The monoisotopic (exact) mass is 257 g/mol. The Morgan fingerprint density at radius 3 is 2.82 bits per heavy atom. The Labute approximate surface area is 106 Å². The maximum Gasteiger partial charge on any atom is 0.303 e. The lowest BCUT2D eigenvalue weighted by molar-refractivity contribution is -0.136. The van der Waals surface area contributed by atoms with Gasteiger partial charge in [0, 0.05) is 18.4 Å². The third-order valence-corrected chi connectivity index (χ3v) is 3.87. The van der Waals surface area contributed by atoms with Gasteiger partial charge in [-0.15, -0.1) is 11.3 Å². The molecule has 1 aromatic heterocycles. The number of rotatable bonds is 7. The van der Waals surface area contributed by atoms with Crippen LogP contribution in [0.25, 0.3) is 0 Å². The van der Waals surface area contributed by atoms with Gasteiger partial charge in [-0.2, -0.15) is 0 Å². The van der Waals surface area contributed by atoms with Crippen LogP contribution in [0.4, 0.5) is 0 Å². The van der Waals surface area contributed by atoms with Crippen LogP contribution < -0.4 is 0 Å². The number of carboxylic acid groups (broad SMARTS) is 1. The van der Waals surface area contributed by atoms with Crippen LogP contribution in [0.2, 0.25) is 0 Å². The summed E-state index contributed by atoms with van der Waals surface area (Å²) in [7, 11) is 0. The molecule has 0 aliphatic heterocycles. The van der Waals surface area contributed by atoms with Crippen LogP contribution in [0.15, 0.2) is 5.38 Å². The summed E-state index contributed by atoms with van der Waals surface area (Å²) in [5.74, 6) is -0.789. The molecular weight excluding hydrogens is 238 g/mol. The summed E-state index contributed by atoms with van der Waals surface area (Å²) in [6.45, 7) is 6.70. The van der Waals surface area contributed by atoms with Gasteiger partial charge in [-0.3, -0.25) is 4.79 Å². The third-order valence-electron chi connectivity index (χ3n) is 2.74. The number of nitrogens with zero attached hydrogens (tertiary/aromatic N) is 1. The molecule has 1 unspecified atom stereocenters. The molecule has 0 amide bonds. The van der Waals surface area contributed by atoms with E-state index in [0.717, 1.165) is 17.1 Å². The van der Waals surface area contributed by atoms with Gasteiger partial charge in [0.1, 0.15) is 10.6 Å². The molecule has 0 aliphatic rings. The minimum absolute atomic E-state index is 0.126. The Kier molecular flexibility index (Phi) is 5.08. The fourth-order valence-electron chi connectivity index (χ4n) is 1.53. The van der Waals surface area contributed by atoms with Gasteiger partial charge in [0.15, 0.2) is 0 Å². The van der Waals surface area contributed by atoms with Crippen LogP contribution in [0.5, 0.6) is 0 Å². The van der Waals surface area contributed by atoms with E-state index in [1.807, 2.05) is 19.2 Å². The zero-order valence-corrected chi connectivity index (χ0v) is 11.3. The van der Waals surface area contributed by atoms with Gasteiger partial charge in [0.25, 0.3) is 0 Å². The molecule has 1 atom stereocenters. The third kappa shape index (κ3) is 3.78. The highest BCUT2D eigenvalue weighted by atomic mass is 32.1. The van der Waals surface area contributed by atoms with Gasteiger partial charge in [0.2, 0.25) is 0 Å². The number of carbonyl (C=O) groups is 1. The Hall–Kier alpha value is -0.940. The van der Waals surface area contributed by atoms with Crippen molar-refractivity contribution >= 4 is 17.3 Å². The number of hydrogen-bond donors (Lipinski definition) is 1. The molecule has 0 aromatic carbocycles. The van der Waals surface area contributed by atoms with Crippen LogP contribution in [-0.4, -0.2) is 22.7 Å². The van der Waals surface area contributed by atoms with Crippen molar-refractivity contribution in [3.63, 3.8) is 0 Å². The Bertz CT molecular complexity index is 378. The molecule has 96 valence electrons.